The zero-order valence-corrected chi connectivity index (χ0v) is 18.7. The normalized spacial score (nSPS) is 13.1. The summed E-state index contributed by atoms with van der Waals surface area (Å²) in [4.78, 5) is 4.55. The van der Waals surface area contributed by atoms with E-state index < -0.39 is 0 Å². The minimum absolute atomic E-state index is 0. The molecule has 2 aromatic carbocycles. The number of halogens is 3. The number of rotatable bonds is 7. The largest absolute Gasteiger partial charge is 0.467 e. The van der Waals surface area contributed by atoms with Gasteiger partial charge in [0.2, 0.25) is 0 Å². The van der Waals surface area contributed by atoms with Crippen LogP contribution in [0.25, 0.3) is 0 Å². The standard InChI is InChI=1S/C21H25F2N3O2.HI/c1-2-24-21(25-8-6-15-4-3-5-18(22)10-15)26-9-7-16-11-19(23)12-17-13-27-14-28-20(16)17;/h3-5,10-12H,2,6-9,13-14H2,1H3,(H2,24,25,26);1H. The fourth-order valence-electron chi connectivity index (χ4n) is 3.09. The second-order valence-electron chi connectivity index (χ2n) is 6.48. The Labute approximate surface area is 186 Å². The van der Waals surface area contributed by atoms with Crippen LogP contribution in [-0.2, 0) is 24.2 Å². The SMILES string of the molecule is CCNC(=NCCc1cc(F)cc2c1OCOC2)NCCc1cccc(F)c1.I. The van der Waals surface area contributed by atoms with Crippen molar-refractivity contribution < 1.29 is 18.3 Å². The summed E-state index contributed by atoms with van der Waals surface area (Å²) >= 11 is 0. The maximum atomic E-state index is 13.8. The van der Waals surface area contributed by atoms with E-state index >= 15 is 0 Å². The smallest absolute Gasteiger partial charge is 0.191 e. The molecule has 0 saturated heterocycles. The van der Waals surface area contributed by atoms with Crippen LogP contribution < -0.4 is 15.4 Å². The van der Waals surface area contributed by atoms with E-state index in [0.717, 1.165) is 23.2 Å². The van der Waals surface area contributed by atoms with Crippen molar-refractivity contribution in [2.45, 2.75) is 26.4 Å². The van der Waals surface area contributed by atoms with Crippen LogP contribution in [-0.4, -0.2) is 32.4 Å². The minimum atomic E-state index is -0.299. The molecule has 0 amide bonds. The Balaban J connectivity index is 0.00000300. The summed E-state index contributed by atoms with van der Waals surface area (Å²) in [5.41, 5.74) is 2.44. The maximum Gasteiger partial charge on any atom is 0.191 e. The topological polar surface area (TPSA) is 54.9 Å². The first kappa shape index (κ1) is 23.3. The van der Waals surface area contributed by atoms with Gasteiger partial charge in [0.25, 0.3) is 0 Å². The molecule has 5 nitrogen and oxygen atoms in total. The third-order valence-corrected chi connectivity index (χ3v) is 4.34. The molecule has 0 saturated carbocycles. The molecule has 0 bridgehead atoms. The molecule has 1 aliphatic rings. The summed E-state index contributed by atoms with van der Waals surface area (Å²) in [6, 6.07) is 9.50. The number of hydrogen-bond donors (Lipinski definition) is 2. The molecule has 1 heterocycles. The highest BCUT2D eigenvalue weighted by molar-refractivity contribution is 14.0. The lowest BCUT2D eigenvalue weighted by molar-refractivity contribution is -0.0172. The summed E-state index contributed by atoms with van der Waals surface area (Å²) in [7, 11) is 0. The van der Waals surface area contributed by atoms with Crippen LogP contribution in [0, 0.1) is 11.6 Å². The van der Waals surface area contributed by atoms with Crippen LogP contribution in [0.5, 0.6) is 5.75 Å². The van der Waals surface area contributed by atoms with E-state index in [9.17, 15) is 8.78 Å². The van der Waals surface area contributed by atoms with Gasteiger partial charge < -0.3 is 20.1 Å². The lowest BCUT2D eigenvalue weighted by Gasteiger charge is -2.20. The zero-order valence-electron chi connectivity index (χ0n) is 16.3. The molecule has 158 valence electrons. The number of hydrogen-bond acceptors (Lipinski definition) is 3. The number of nitrogens with zero attached hydrogens (tertiary/aromatic N) is 1. The van der Waals surface area contributed by atoms with Crippen LogP contribution >= 0.6 is 24.0 Å². The molecule has 1 aliphatic heterocycles. The first-order chi connectivity index (χ1) is 13.7. The van der Waals surface area contributed by atoms with Crippen molar-refractivity contribution in [3.8, 4) is 5.75 Å². The van der Waals surface area contributed by atoms with Gasteiger partial charge in [0.15, 0.2) is 12.8 Å². The molecule has 0 fully saturated rings. The van der Waals surface area contributed by atoms with Crippen molar-refractivity contribution >= 4 is 29.9 Å². The summed E-state index contributed by atoms with van der Waals surface area (Å²) in [6.45, 7) is 4.36. The Morgan fingerprint density at radius 3 is 2.76 bits per heavy atom. The van der Waals surface area contributed by atoms with Gasteiger partial charge in [-0.05, 0) is 55.2 Å². The molecule has 8 heteroatoms. The average Bonchev–Trinajstić information content (AvgIpc) is 2.68. The molecular formula is C21H26F2IN3O2. The first-order valence-corrected chi connectivity index (χ1v) is 9.44. The van der Waals surface area contributed by atoms with Gasteiger partial charge in [0.05, 0.1) is 6.61 Å². The predicted molar refractivity (Wildman–Crippen MR) is 120 cm³/mol. The van der Waals surface area contributed by atoms with E-state index in [1.807, 2.05) is 13.0 Å². The quantitative estimate of drug-likeness (QED) is 0.334. The van der Waals surface area contributed by atoms with Crippen LogP contribution in [0.4, 0.5) is 8.78 Å². The molecular weight excluding hydrogens is 491 g/mol. The van der Waals surface area contributed by atoms with Gasteiger partial charge in [-0.1, -0.05) is 12.1 Å². The molecule has 3 rings (SSSR count). The van der Waals surface area contributed by atoms with Gasteiger partial charge in [-0.3, -0.25) is 4.99 Å². The zero-order chi connectivity index (χ0) is 19.8. The first-order valence-electron chi connectivity index (χ1n) is 9.44. The van der Waals surface area contributed by atoms with Gasteiger partial charge in [0.1, 0.15) is 17.4 Å². The fraction of sp³-hybridized carbons (Fsp3) is 0.381. The summed E-state index contributed by atoms with van der Waals surface area (Å²) in [6.07, 6.45) is 1.24. The second kappa shape index (κ2) is 11.9. The Hall–Kier alpha value is -1.94. The molecule has 0 unspecified atom stereocenters. The Kier molecular flexibility index (Phi) is 9.59. The summed E-state index contributed by atoms with van der Waals surface area (Å²) in [5.74, 6) is 0.844. The van der Waals surface area contributed by atoms with E-state index in [1.54, 1.807) is 6.07 Å². The number of guanidine groups is 1. The highest BCUT2D eigenvalue weighted by Gasteiger charge is 2.16. The number of aliphatic imine (C=N–C) groups is 1. The van der Waals surface area contributed by atoms with Gasteiger partial charge in [-0.15, -0.1) is 24.0 Å². The van der Waals surface area contributed by atoms with Gasteiger partial charge in [-0.2, -0.15) is 0 Å². The molecule has 0 aromatic heterocycles. The van der Waals surface area contributed by atoms with E-state index in [-0.39, 0.29) is 42.4 Å². The number of benzene rings is 2. The molecule has 0 radical (unpaired) electrons. The summed E-state index contributed by atoms with van der Waals surface area (Å²) < 4.78 is 37.8. The Morgan fingerprint density at radius 2 is 1.97 bits per heavy atom. The molecule has 29 heavy (non-hydrogen) atoms. The molecule has 0 aliphatic carbocycles. The maximum absolute atomic E-state index is 13.8. The van der Waals surface area contributed by atoms with E-state index in [2.05, 4.69) is 15.6 Å². The predicted octanol–water partition coefficient (Wildman–Crippen LogP) is 3.79. The van der Waals surface area contributed by atoms with Crippen molar-refractivity contribution in [1.29, 1.82) is 0 Å². The third-order valence-electron chi connectivity index (χ3n) is 4.34. The van der Waals surface area contributed by atoms with Gasteiger partial charge in [-0.25, -0.2) is 8.78 Å². The van der Waals surface area contributed by atoms with E-state index in [4.69, 9.17) is 9.47 Å². The Morgan fingerprint density at radius 1 is 1.10 bits per heavy atom. The van der Waals surface area contributed by atoms with Gasteiger partial charge >= 0.3 is 0 Å². The van der Waals surface area contributed by atoms with E-state index in [0.29, 0.717) is 44.2 Å². The number of fused-ring (bicyclic) bond motifs is 1. The lowest BCUT2D eigenvalue weighted by Crippen LogP contribution is -2.38. The molecule has 0 spiro atoms. The van der Waals surface area contributed by atoms with Crippen molar-refractivity contribution in [2.24, 2.45) is 4.99 Å². The third kappa shape index (κ3) is 7.11. The minimum Gasteiger partial charge on any atom is -0.467 e. The van der Waals surface area contributed by atoms with Gasteiger partial charge in [0, 0.05) is 25.2 Å². The second-order valence-corrected chi connectivity index (χ2v) is 6.48. The highest BCUT2D eigenvalue weighted by Crippen LogP contribution is 2.29. The highest BCUT2D eigenvalue weighted by atomic mass is 127. The van der Waals surface area contributed by atoms with Crippen molar-refractivity contribution in [3.05, 3.63) is 64.7 Å². The van der Waals surface area contributed by atoms with Crippen LogP contribution in [0.3, 0.4) is 0 Å². The number of ether oxygens (including phenoxy) is 2. The van der Waals surface area contributed by atoms with Crippen LogP contribution in [0.1, 0.15) is 23.6 Å². The van der Waals surface area contributed by atoms with Crippen molar-refractivity contribution in [3.63, 3.8) is 0 Å². The van der Waals surface area contributed by atoms with Crippen LogP contribution in [0.2, 0.25) is 0 Å². The van der Waals surface area contributed by atoms with Crippen molar-refractivity contribution in [1.82, 2.24) is 10.6 Å². The monoisotopic (exact) mass is 517 g/mol. The molecule has 2 N–H and O–H groups in total. The molecule has 2 aromatic rings. The lowest BCUT2D eigenvalue weighted by atomic mass is 10.1. The van der Waals surface area contributed by atoms with E-state index in [1.165, 1.54) is 24.3 Å². The van der Waals surface area contributed by atoms with Crippen molar-refractivity contribution in [2.75, 3.05) is 26.4 Å². The Bertz CT molecular complexity index is 834. The average molecular weight is 517 g/mol. The molecule has 0 atom stereocenters. The fourth-order valence-corrected chi connectivity index (χ4v) is 3.09. The van der Waals surface area contributed by atoms with Crippen LogP contribution in [0.15, 0.2) is 41.4 Å². The summed E-state index contributed by atoms with van der Waals surface area (Å²) in [5, 5.41) is 6.42. The number of nitrogens with one attached hydrogen (secondary N) is 2.